The Morgan fingerprint density at radius 3 is 2.16 bits per heavy atom. The molecule has 0 fully saturated rings. The summed E-state index contributed by atoms with van der Waals surface area (Å²) in [7, 11) is 4.61. The molecule has 7 heteroatoms. The van der Waals surface area contributed by atoms with E-state index in [0.717, 1.165) is 33.6 Å². The van der Waals surface area contributed by atoms with Crippen molar-refractivity contribution in [3.8, 4) is 17.2 Å². The van der Waals surface area contributed by atoms with Gasteiger partial charge in [0.05, 0.1) is 32.6 Å². The summed E-state index contributed by atoms with van der Waals surface area (Å²) in [6.07, 6.45) is 1.45. The normalized spacial score (nSPS) is 10.5. The molecule has 3 aromatic rings. The summed E-state index contributed by atoms with van der Waals surface area (Å²) in [5.41, 5.74) is 3.41. The second kappa shape index (κ2) is 10.8. The molecular weight excluding hydrogens is 462 g/mol. The number of carbonyl (C=O) groups excluding carboxylic acids is 1. The molecule has 0 saturated carbocycles. The molecule has 0 amide bonds. The summed E-state index contributed by atoms with van der Waals surface area (Å²) in [5.74, 6) is 1.80. The number of hydrogen-bond acceptors (Lipinski definition) is 6. The topological polar surface area (TPSA) is 66.9 Å². The predicted molar refractivity (Wildman–Crippen MR) is 121 cm³/mol. The van der Waals surface area contributed by atoms with Gasteiger partial charge in [0.25, 0.3) is 0 Å². The lowest BCUT2D eigenvalue weighted by molar-refractivity contribution is 0.0600. The number of aryl methyl sites for hydroxylation is 2. The van der Waals surface area contributed by atoms with Crippen LogP contribution >= 0.6 is 15.9 Å². The fourth-order valence-electron chi connectivity index (χ4n) is 3.07. The van der Waals surface area contributed by atoms with Crippen LogP contribution in [-0.4, -0.2) is 32.3 Å². The van der Waals surface area contributed by atoms with Crippen LogP contribution in [0.3, 0.4) is 0 Å². The minimum Gasteiger partial charge on any atom is -0.497 e. The molecule has 162 valence electrons. The quantitative estimate of drug-likeness (QED) is 0.313. The first-order valence-corrected chi connectivity index (χ1v) is 10.5. The number of ether oxygens (including phenoxy) is 4. The number of benzene rings is 2. The lowest BCUT2D eigenvalue weighted by Crippen LogP contribution is -2.04. The van der Waals surface area contributed by atoms with Crippen molar-refractivity contribution in [1.29, 1.82) is 0 Å². The first-order chi connectivity index (χ1) is 15.0. The average Bonchev–Trinajstić information content (AvgIpc) is 2.81. The number of aromatic nitrogens is 1. The summed E-state index contributed by atoms with van der Waals surface area (Å²) in [6.45, 7) is 0.359. The van der Waals surface area contributed by atoms with Gasteiger partial charge in [-0.25, -0.2) is 9.78 Å². The van der Waals surface area contributed by atoms with Crippen LogP contribution in [0, 0.1) is 0 Å². The van der Waals surface area contributed by atoms with Crippen LogP contribution in [0.2, 0.25) is 0 Å². The van der Waals surface area contributed by atoms with Crippen LogP contribution in [0.1, 0.15) is 27.2 Å². The molecule has 0 N–H and O–H groups in total. The van der Waals surface area contributed by atoms with Crippen molar-refractivity contribution >= 4 is 21.9 Å². The van der Waals surface area contributed by atoms with Crippen molar-refractivity contribution in [3.05, 3.63) is 81.6 Å². The van der Waals surface area contributed by atoms with Crippen LogP contribution in [0.25, 0.3) is 0 Å². The van der Waals surface area contributed by atoms with Crippen LogP contribution in [0.4, 0.5) is 0 Å². The Labute approximate surface area is 190 Å². The molecule has 0 saturated heterocycles. The maximum Gasteiger partial charge on any atom is 0.337 e. The van der Waals surface area contributed by atoms with Crippen molar-refractivity contribution in [2.75, 3.05) is 21.3 Å². The van der Waals surface area contributed by atoms with E-state index in [1.807, 2.05) is 42.5 Å². The molecular formula is C24H24BrNO5. The molecule has 0 spiro atoms. The maximum absolute atomic E-state index is 11.6. The van der Waals surface area contributed by atoms with E-state index in [0.29, 0.717) is 30.1 Å². The third-order valence-electron chi connectivity index (χ3n) is 4.73. The van der Waals surface area contributed by atoms with Crippen molar-refractivity contribution in [1.82, 2.24) is 4.98 Å². The van der Waals surface area contributed by atoms with Crippen LogP contribution in [0.5, 0.6) is 17.2 Å². The van der Waals surface area contributed by atoms with Gasteiger partial charge in [0.1, 0.15) is 28.5 Å². The van der Waals surface area contributed by atoms with Gasteiger partial charge in [-0.2, -0.15) is 0 Å². The van der Waals surface area contributed by atoms with E-state index in [1.54, 1.807) is 26.4 Å². The van der Waals surface area contributed by atoms with Gasteiger partial charge in [-0.1, -0.05) is 12.1 Å². The largest absolute Gasteiger partial charge is 0.497 e. The molecule has 0 aliphatic heterocycles. The Balaban J connectivity index is 1.70. The maximum atomic E-state index is 11.6. The number of esters is 1. The second-order valence-corrected chi connectivity index (χ2v) is 7.59. The zero-order valence-corrected chi connectivity index (χ0v) is 19.3. The second-order valence-electron chi connectivity index (χ2n) is 6.78. The van der Waals surface area contributed by atoms with Gasteiger partial charge >= 0.3 is 5.97 Å². The number of halogens is 1. The number of methoxy groups -OCH3 is 3. The van der Waals surface area contributed by atoms with Crippen molar-refractivity contribution < 1.29 is 23.7 Å². The standard InChI is InChI=1S/C24H24BrNO5/c1-28-19-12-17(13-20(14-19)29-2)15-31-22-10-11-23(25)26-21(22)9-6-16-4-7-18(8-5-16)24(27)30-3/h4-5,7-8,10-14H,6,9,15H2,1-3H3. The molecule has 2 aromatic carbocycles. The first kappa shape index (κ1) is 22.6. The fourth-order valence-corrected chi connectivity index (χ4v) is 3.42. The molecule has 6 nitrogen and oxygen atoms in total. The van der Waals surface area contributed by atoms with Gasteiger partial charge in [0, 0.05) is 6.07 Å². The summed E-state index contributed by atoms with van der Waals surface area (Å²) < 4.78 is 22.2. The zero-order chi connectivity index (χ0) is 22.2. The molecule has 0 atom stereocenters. The number of hydrogen-bond donors (Lipinski definition) is 0. The molecule has 1 heterocycles. The summed E-state index contributed by atoms with van der Waals surface area (Å²) in [6, 6.07) is 16.8. The third kappa shape index (κ3) is 6.21. The number of carbonyl (C=O) groups is 1. The zero-order valence-electron chi connectivity index (χ0n) is 17.7. The molecule has 0 aliphatic carbocycles. The van der Waals surface area contributed by atoms with Gasteiger partial charge in [-0.05, 0) is 76.3 Å². The Morgan fingerprint density at radius 1 is 0.871 bits per heavy atom. The Morgan fingerprint density at radius 2 is 1.55 bits per heavy atom. The fraction of sp³-hybridized carbons (Fsp3) is 0.250. The summed E-state index contributed by atoms with van der Waals surface area (Å²) in [4.78, 5) is 16.2. The molecule has 31 heavy (non-hydrogen) atoms. The minimum atomic E-state index is -0.343. The molecule has 0 radical (unpaired) electrons. The SMILES string of the molecule is COC(=O)c1ccc(CCc2nc(Br)ccc2OCc2cc(OC)cc(OC)c2)cc1. The lowest BCUT2D eigenvalue weighted by Gasteiger charge is -2.13. The number of nitrogens with zero attached hydrogens (tertiary/aromatic N) is 1. The Kier molecular flexibility index (Phi) is 7.89. The van der Waals surface area contributed by atoms with Crippen LogP contribution in [-0.2, 0) is 24.2 Å². The van der Waals surface area contributed by atoms with E-state index in [1.165, 1.54) is 7.11 Å². The van der Waals surface area contributed by atoms with Gasteiger partial charge in [0.15, 0.2) is 0 Å². The first-order valence-electron chi connectivity index (χ1n) is 9.69. The predicted octanol–water partition coefficient (Wildman–Crippen LogP) is 5.01. The monoisotopic (exact) mass is 485 g/mol. The Hall–Kier alpha value is -3.06. The lowest BCUT2D eigenvalue weighted by atomic mass is 10.1. The smallest absolute Gasteiger partial charge is 0.337 e. The summed E-state index contributed by atoms with van der Waals surface area (Å²) in [5, 5.41) is 0. The molecule has 0 aliphatic rings. The van der Waals surface area contributed by atoms with E-state index in [4.69, 9.17) is 18.9 Å². The van der Waals surface area contributed by atoms with Gasteiger partial charge in [-0.3, -0.25) is 0 Å². The Bertz CT molecular complexity index is 1010. The molecule has 1 aromatic heterocycles. The van der Waals surface area contributed by atoms with Gasteiger partial charge in [0.2, 0.25) is 0 Å². The van der Waals surface area contributed by atoms with Crippen LogP contribution in [0.15, 0.2) is 59.2 Å². The van der Waals surface area contributed by atoms with Crippen LogP contribution < -0.4 is 14.2 Å². The van der Waals surface area contributed by atoms with E-state index < -0.39 is 0 Å². The molecule has 0 bridgehead atoms. The van der Waals surface area contributed by atoms with E-state index in [9.17, 15) is 4.79 Å². The number of pyridine rings is 1. The highest BCUT2D eigenvalue weighted by Crippen LogP contribution is 2.26. The highest BCUT2D eigenvalue weighted by Gasteiger charge is 2.10. The van der Waals surface area contributed by atoms with E-state index in [-0.39, 0.29) is 5.97 Å². The summed E-state index contributed by atoms with van der Waals surface area (Å²) >= 11 is 3.44. The molecule has 0 unspecified atom stereocenters. The molecule has 3 rings (SSSR count). The number of rotatable bonds is 9. The van der Waals surface area contributed by atoms with Gasteiger partial charge in [-0.15, -0.1) is 0 Å². The van der Waals surface area contributed by atoms with E-state index in [2.05, 4.69) is 20.9 Å². The van der Waals surface area contributed by atoms with Gasteiger partial charge < -0.3 is 18.9 Å². The third-order valence-corrected chi connectivity index (χ3v) is 5.17. The van der Waals surface area contributed by atoms with Crippen molar-refractivity contribution in [2.24, 2.45) is 0 Å². The van der Waals surface area contributed by atoms with Crippen molar-refractivity contribution in [3.63, 3.8) is 0 Å². The van der Waals surface area contributed by atoms with E-state index >= 15 is 0 Å². The minimum absolute atomic E-state index is 0.343. The average molecular weight is 486 g/mol. The highest BCUT2D eigenvalue weighted by molar-refractivity contribution is 9.10. The highest BCUT2D eigenvalue weighted by atomic mass is 79.9. The van der Waals surface area contributed by atoms with Crippen molar-refractivity contribution in [2.45, 2.75) is 19.4 Å².